The van der Waals surface area contributed by atoms with Crippen molar-refractivity contribution in [2.45, 2.75) is 0 Å². The highest BCUT2D eigenvalue weighted by Gasteiger charge is 2.15. The number of carboxylic acids is 1. The molecule has 0 aromatic carbocycles. The van der Waals surface area contributed by atoms with E-state index in [4.69, 9.17) is 15.6 Å². The Morgan fingerprint density at radius 2 is 2.06 bits per heavy atom. The van der Waals surface area contributed by atoms with Crippen LogP contribution in [-0.2, 0) is 0 Å². The Bertz CT molecular complexity index is 601. The lowest BCUT2D eigenvalue weighted by Gasteiger charge is -2.06. The zero-order valence-electron chi connectivity index (χ0n) is 9.49. The maximum atomic E-state index is 10.9. The lowest BCUT2D eigenvalue weighted by Crippen LogP contribution is -2.07. The Kier molecular flexibility index (Phi) is 3.05. The van der Waals surface area contributed by atoms with Crippen LogP contribution in [0.4, 0.5) is 5.69 Å². The van der Waals surface area contributed by atoms with Crippen LogP contribution in [0.5, 0.6) is 5.88 Å². The number of hydrogen-bond donors (Lipinski definition) is 2. The lowest BCUT2D eigenvalue weighted by atomic mass is 10.2. The van der Waals surface area contributed by atoms with Gasteiger partial charge in [0.15, 0.2) is 11.4 Å². The normalized spacial score (nSPS) is 10.1. The first-order chi connectivity index (χ1) is 8.63. The van der Waals surface area contributed by atoms with E-state index in [0.717, 1.165) is 0 Å². The van der Waals surface area contributed by atoms with Crippen molar-refractivity contribution in [2.75, 3.05) is 12.8 Å². The second kappa shape index (κ2) is 4.66. The fraction of sp³-hybridized carbons (Fsp3) is 0.0909. The number of aromatic nitrogens is 3. The van der Waals surface area contributed by atoms with Crippen molar-refractivity contribution >= 4 is 11.7 Å². The molecule has 0 amide bonds. The van der Waals surface area contributed by atoms with Gasteiger partial charge in [0.1, 0.15) is 0 Å². The topological polar surface area (TPSA) is 111 Å². The number of nitrogen functional groups attached to an aromatic ring is 1. The van der Waals surface area contributed by atoms with Gasteiger partial charge in [0, 0.05) is 12.4 Å². The fourth-order valence-electron chi connectivity index (χ4n) is 1.42. The van der Waals surface area contributed by atoms with E-state index in [1.807, 2.05) is 0 Å². The van der Waals surface area contributed by atoms with Gasteiger partial charge in [0.25, 0.3) is 0 Å². The number of ether oxygens (including phenoxy) is 1. The molecule has 18 heavy (non-hydrogen) atoms. The highest BCUT2D eigenvalue weighted by molar-refractivity contribution is 5.92. The molecule has 0 unspecified atom stereocenters. The lowest BCUT2D eigenvalue weighted by molar-refractivity contribution is 0.0692. The van der Waals surface area contributed by atoms with Gasteiger partial charge in [-0.15, -0.1) is 0 Å². The van der Waals surface area contributed by atoms with Gasteiger partial charge in [-0.25, -0.2) is 19.7 Å². The first kappa shape index (κ1) is 11.8. The summed E-state index contributed by atoms with van der Waals surface area (Å²) < 4.78 is 5.04. The molecule has 0 aliphatic heterocycles. The fourth-order valence-corrected chi connectivity index (χ4v) is 1.42. The van der Waals surface area contributed by atoms with Crippen LogP contribution in [0.25, 0.3) is 11.4 Å². The average Bonchev–Trinajstić information content (AvgIpc) is 2.39. The molecule has 2 rings (SSSR count). The van der Waals surface area contributed by atoms with Crippen molar-refractivity contribution in [3.8, 4) is 17.3 Å². The number of carbonyl (C=O) groups is 1. The van der Waals surface area contributed by atoms with E-state index in [-0.39, 0.29) is 17.3 Å². The predicted molar refractivity (Wildman–Crippen MR) is 63.2 cm³/mol. The number of carboxylic acid groups (broad SMARTS) is 1. The largest absolute Gasteiger partial charge is 0.479 e. The van der Waals surface area contributed by atoms with Crippen molar-refractivity contribution in [2.24, 2.45) is 0 Å². The molecule has 0 radical (unpaired) electrons. The number of hydrogen-bond acceptors (Lipinski definition) is 6. The molecule has 0 bridgehead atoms. The number of rotatable bonds is 3. The first-order valence-electron chi connectivity index (χ1n) is 4.98. The molecule has 0 saturated heterocycles. The van der Waals surface area contributed by atoms with Crippen molar-refractivity contribution in [1.29, 1.82) is 0 Å². The molecule has 0 fully saturated rings. The van der Waals surface area contributed by atoms with Crippen molar-refractivity contribution in [3.63, 3.8) is 0 Å². The van der Waals surface area contributed by atoms with E-state index in [0.29, 0.717) is 11.4 Å². The predicted octanol–water partition coefficient (Wildman–Crippen LogP) is 0.828. The van der Waals surface area contributed by atoms with Crippen LogP contribution < -0.4 is 10.5 Å². The van der Waals surface area contributed by atoms with Crippen LogP contribution in [0.2, 0.25) is 0 Å². The van der Waals surface area contributed by atoms with Crippen molar-refractivity contribution in [3.05, 3.63) is 30.2 Å². The number of nitrogens with zero attached hydrogens (tertiary/aromatic N) is 3. The monoisotopic (exact) mass is 246 g/mol. The summed E-state index contributed by atoms with van der Waals surface area (Å²) in [6, 6.07) is 3.02. The second-order valence-electron chi connectivity index (χ2n) is 3.35. The third-order valence-corrected chi connectivity index (χ3v) is 2.23. The quantitative estimate of drug-likeness (QED) is 0.824. The van der Waals surface area contributed by atoms with Gasteiger partial charge in [0.2, 0.25) is 5.88 Å². The Morgan fingerprint density at radius 3 is 2.72 bits per heavy atom. The summed E-state index contributed by atoms with van der Waals surface area (Å²) in [6.07, 6.45) is 2.94. The molecule has 7 nitrogen and oxygen atoms in total. The molecule has 3 N–H and O–H groups in total. The number of pyridine rings is 1. The van der Waals surface area contributed by atoms with E-state index < -0.39 is 5.97 Å². The van der Waals surface area contributed by atoms with Gasteiger partial charge in [-0.05, 0) is 12.1 Å². The average molecular weight is 246 g/mol. The molecule has 92 valence electrons. The molecule has 2 aromatic rings. The molecule has 7 heteroatoms. The summed E-state index contributed by atoms with van der Waals surface area (Å²) in [5, 5.41) is 8.95. The summed E-state index contributed by atoms with van der Waals surface area (Å²) in [5.74, 6) is -0.927. The molecule has 0 saturated carbocycles. The van der Waals surface area contributed by atoms with E-state index in [9.17, 15) is 4.79 Å². The summed E-state index contributed by atoms with van der Waals surface area (Å²) in [5.41, 5.74) is 6.10. The molecule has 2 aromatic heterocycles. The zero-order chi connectivity index (χ0) is 13.1. The van der Waals surface area contributed by atoms with Gasteiger partial charge in [-0.1, -0.05) is 0 Å². The molecule has 0 aliphatic carbocycles. The van der Waals surface area contributed by atoms with E-state index >= 15 is 0 Å². The number of nitrogens with two attached hydrogens (primary N) is 1. The second-order valence-corrected chi connectivity index (χ2v) is 3.35. The van der Waals surface area contributed by atoms with Crippen LogP contribution in [0, 0.1) is 0 Å². The summed E-state index contributed by atoms with van der Waals surface area (Å²) in [4.78, 5) is 22.9. The van der Waals surface area contributed by atoms with E-state index in [1.165, 1.54) is 25.6 Å². The zero-order valence-corrected chi connectivity index (χ0v) is 9.49. The Labute approximate surface area is 102 Å². The minimum atomic E-state index is -1.20. The maximum absolute atomic E-state index is 10.9. The third-order valence-electron chi connectivity index (χ3n) is 2.23. The standard InChI is InChI=1S/C11H10N4O3/c1-18-10-9(13-4-5-14-10)7-3-2-6(12)8(15-7)11(16)17/h2-5H,12H2,1H3,(H,16,17). The third kappa shape index (κ3) is 2.05. The van der Waals surface area contributed by atoms with Gasteiger partial charge < -0.3 is 15.6 Å². The summed E-state index contributed by atoms with van der Waals surface area (Å²) in [6.45, 7) is 0. The molecule has 0 aliphatic rings. The highest BCUT2D eigenvalue weighted by atomic mass is 16.5. The maximum Gasteiger partial charge on any atom is 0.356 e. The van der Waals surface area contributed by atoms with Crippen molar-refractivity contribution < 1.29 is 14.6 Å². The van der Waals surface area contributed by atoms with Gasteiger partial charge in [0.05, 0.1) is 18.5 Å². The van der Waals surface area contributed by atoms with Crippen LogP contribution in [0.3, 0.4) is 0 Å². The molecule has 2 heterocycles. The van der Waals surface area contributed by atoms with Gasteiger partial charge in [-0.3, -0.25) is 0 Å². The molecular weight excluding hydrogens is 236 g/mol. The van der Waals surface area contributed by atoms with Crippen LogP contribution in [-0.4, -0.2) is 33.1 Å². The van der Waals surface area contributed by atoms with Crippen LogP contribution >= 0.6 is 0 Å². The summed E-state index contributed by atoms with van der Waals surface area (Å²) >= 11 is 0. The van der Waals surface area contributed by atoms with Gasteiger partial charge >= 0.3 is 5.97 Å². The Balaban J connectivity index is 2.58. The molecule has 0 atom stereocenters. The van der Waals surface area contributed by atoms with Gasteiger partial charge in [-0.2, -0.15) is 0 Å². The SMILES string of the molecule is COc1nccnc1-c1ccc(N)c(C(=O)O)n1. The first-order valence-corrected chi connectivity index (χ1v) is 4.98. The van der Waals surface area contributed by atoms with E-state index in [1.54, 1.807) is 6.07 Å². The molecular formula is C11H10N4O3. The smallest absolute Gasteiger partial charge is 0.356 e. The highest BCUT2D eigenvalue weighted by Crippen LogP contribution is 2.24. The van der Waals surface area contributed by atoms with Crippen LogP contribution in [0.1, 0.15) is 10.5 Å². The number of methoxy groups -OCH3 is 1. The molecule has 0 spiro atoms. The minimum absolute atomic E-state index is 0.0918. The Morgan fingerprint density at radius 1 is 1.33 bits per heavy atom. The minimum Gasteiger partial charge on any atom is -0.479 e. The number of anilines is 1. The van der Waals surface area contributed by atoms with Crippen molar-refractivity contribution in [1.82, 2.24) is 15.0 Å². The summed E-state index contributed by atoms with van der Waals surface area (Å²) in [7, 11) is 1.45. The van der Waals surface area contributed by atoms with E-state index in [2.05, 4.69) is 15.0 Å². The number of aromatic carboxylic acids is 1. The van der Waals surface area contributed by atoms with Crippen LogP contribution in [0.15, 0.2) is 24.5 Å². The Hall–Kier alpha value is -2.70.